The number of nitrogens with one attached hydrogen (secondary N) is 1. The lowest BCUT2D eigenvalue weighted by atomic mass is 10.0. The molecule has 0 aliphatic heterocycles. The van der Waals surface area contributed by atoms with Crippen molar-refractivity contribution < 1.29 is 0 Å². The van der Waals surface area contributed by atoms with Gasteiger partial charge in [-0.2, -0.15) is 0 Å². The van der Waals surface area contributed by atoms with Crippen molar-refractivity contribution in [2.45, 2.75) is 26.4 Å². The van der Waals surface area contributed by atoms with Crippen LogP contribution in [-0.2, 0) is 6.54 Å². The van der Waals surface area contributed by atoms with Crippen molar-refractivity contribution in [3.8, 4) is 0 Å². The summed E-state index contributed by atoms with van der Waals surface area (Å²) in [5.74, 6) is 0. The molecule has 2 heteroatoms. The SMILES string of the molecule is CNC(CN(C)Cc1ccccc1C)c1ccccc1C. The topological polar surface area (TPSA) is 15.3 Å². The predicted molar refractivity (Wildman–Crippen MR) is 90.5 cm³/mol. The molecule has 0 bridgehead atoms. The molecule has 0 aliphatic rings. The van der Waals surface area contributed by atoms with Crippen LogP contribution in [0.1, 0.15) is 28.3 Å². The van der Waals surface area contributed by atoms with Crippen LogP contribution in [0.15, 0.2) is 48.5 Å². The first-order valence-electron chi connectivity index (χ1n) is 7.57. The summed E-state index contributed by atoms with van der Waals surface area (Å²) in [6.45, 7) is 6.34. The Balaban J connectivity index is 2.05. The maximum atomic E-state index is 3.45. The van der Waals surface area contributed by atoms with E-state index in [0.717, 1.165) is 13.1 Å². The smallest absolute Gasteiger partial charge is 0.0449 e. The molecule has 0 fully saturated rings. The number of likely N-dealkylation sites (N-methyl/N-ethyl adjacent to an activating group) is 2. The zero-order valence-corrected chi connectivity index (χ0v) is 13.6. The number of benzene rings is 2. The second kappa shape index (κ2) is 7.39. The normalized spacial score (nSPS) is 12.6. The van der Waals surface area contributed by atoms with Gasteiger partial charge in [-0.05, 0) is 50.2 Å². The van der Waals surface area contributed by atoms with E-state index in [1.807, 2.05) is 7.05 Å². The van der Waals surface area contributed by atoms with Crippen molar-refractivity contribution in [1.82, 2.24) is 10.2 Å². The van der Waals surface area contributed by atoms with Gasteiger partial charge in [0.25, 0.3) is 0 Å². The van der Waals surface area contributed by atoms with Crippen molar-refractivity contribution in [2.75, 3.05) is 20.6 Å². The average Bonchev–Trinajstić information content (AvgIpc) is 2.48. The van der Waals surface area contributed by atoms with Crippen LogP contribution in [-0.4, -0.2) is 25.5 Å². The van der Waals surface area contributed by atoms with Crippen LogP contribution in [0, 0.1) is 13.8 Å². The second-order valence-corrected chi connectivity index (χ2v) is 5.82. The third kappa shape index (κ3) is 4.16. The predicted octanol–water partition coefficient (Wildman–Crippen LogP) is 3.70. The number of aryl methyl sites for hydroxylation is 2. The summed E-state index contributed by atoms with van der Waals surface area (Å²) >= 11 is 0. The van der Waals surface area contributed by atoms with E-state index in [2.05, 4.69) is 79.6 Å². The van der Waals surface area contributed by atoms with Gasteiger partial charge in [0.15, 0.2) is 0 Å². The first-order chi connectivity index (χ1) is 10.1. The fraction of sp³-hybridized carbons (Fsp3) is 0.368. The van der Waals surface area contributed by atoms with E-state index < -0.39 is 0 Å². The van der Waals surface area contributed by atoms with Gasteiger partial charge >= 0.3 is 0 Å². The van der Waals surface area contributed by atoms with Gasteiger partial charge in [-0.15, -0.1) is 0 Å². The highest BCUT2D eigenvalue weighted by Gasteiger charge is 2.14. The summed E-state index contributed by atoms with van der Waals surface area (Å²) < 4.78 is 0. The molecule has 0 saturated heterocycles. The lowest BCUT2D eigenvalue weighted by molar-refractivity contribution is 0.289. The van der Waals surface area contributed by atoms with Crippen LogP contribution >= 0.6 is 0 Å². The van der Waals surface area contributed by atoms with Crippen LogP contribution in [0.3, 0.4) is 0 Å². The number of hydrogen-bond donors (Lipinski definition) is 1. The number of rotatable bonds is 6. The Morgan fingerprint density at radius 2 is 1.57 bits per heavy atom. The molecule has 0 heterocycles. The Kier molecular flexibility index (Phi) is 5.54. The minimum atomic E-state index is 0.361. The third-order valence-electron chi connectivity index (χ3n) is 4.11. The van der Waals surface area contributed by atoms with Gasteiger partial charge in [-0.25, -0.2) is 0 Å². The largest absolute Gasteiger partial charge is 0.312 e. The minimum absolute atomic E-state index is 0.361. The zero-order valence-electron chi connectivity index (χ0n) is 13.6. The molecule has 2 rings (SSSR count). The van der Waals surface area contributed by atoms with Crippen molar-refractivity contribution in [3.05, 3.63) is 70.8 Å². The highest BCUT2D eigenvalue weighted by atomic mass is 15.1. The molecule has 1 atom stereocenters. The molecule has 2 nitrogen and oxygen atoms in total. The molecule has 1 unspecified atom stereocenters. The quantitative estimate of drug-likeness (QED) is 0.869. The lowest BCUT2D eigenvalue weighted by Crippen LogP contribution is -2.31. The fourth-order valence-corrected chi connectivity index (χ4v) is 2.78. The molecule has 0 amide bonds. The molecule has 1 N–H and O–H groups in total. The van der Waals surface area contributed by atoms with Crippen molar-refractivity contribution in [1.29, 1.82) is 0 Å². The standard InChI is InChI=1S/C19H26N2/c1-15-9-5-7-11-17(15)13-21(4)14-19(20-3)18-12-8-6-10-16(18)2/h5-12,19-20H,13-14H2,1-4H3. The van der Waals surface area contributed by atoms with E-state index in [1.54, 1.807) is 0 Å². The first-order valence-corrected chi connectivity index (χ1v) is 7.57. The number of nitrogens with zero attached hydrogens (tertiary/aromatic N) is 1. The van der Waals surface area contributed by atoms with Crippen LogP contribution in [0.25, 0.3) is 0 Å². The first kappa shape index (κ1) is 15.7. The Bertz CT molecular complexity index is 577. The summed E-state index contributed by atoms with van der Waals surface area (Å²) in [5.41, 5.74) is 5.50. The zero-order chi connectivity index (χ0) is 15.2. The highest BCUT2D eigenvalue weighted by molar-refractivity contribution is 5.29. The van der Waals surface area contributed by atoms with Crippen molar-refractivity contribution in [2.24, 2.45) is 0 Å². The van der Waals surface area contributed by atoms with Crippen LogP contribution in [0.2, 0.25) is 0 Å². The maximum absolute atomic E-state index is 3.45. The van der Waals surface area contributed by atoms with Gasteiger partial charge in [0.05, 0.1) is 0 Å². The summed E-state index contributed by atoms with van der Waals surface area (Å²) in [6, 6.07) is 17.6. The minimum Gasteiger partial charge on any atom is -0.312 e. The van der Waals surface area contributed by atoms with Gasteiger partial charge < -0.3 is 10.2 Å². The Morgan fingerprint density at radius 3 is 2.19 bits per heavy atom. The number of hydrogen-bond acceptors (Lipinski definition) is 2. The van der Waals surface area contributed by atoms with Gasteiger partial charge in [0.2, 0.25) is 0 Å². The van der Waals surface area contributed by atoms with E-state index in [1.165, 1.54) is 22.3 Å². The van der Waals surface area contributed by atoms with Crippen LogP contribution in [0.5, 0.6) is 0 Å². The van der Waals surface area contributed by atoms with Crippen LogP contribution < -0.4 is 5.32 Å². The van der Waals surface area contributed by atoms with Gasteiger partial charge in [0.1, 0.15) is 0 Å². The molecule has 0 aliphatic carbocycles. The highest BCUT2D eigenvalue weighted by Crippen LogP contribution is 2.19. The van der Waals surface area contributed by atoms with Gasteiger partial charge in [-0.1, -0.05) is 48.5 Å². The Hall–Kier alpha value is -1.64. The average molecular weight is 282 g/mol. The molecule has 112 valence electrons. The Morgan fingerprint density at radius 1 is 0.952 bits per heavy atom. The van der Waals surface area contributed by atoms with Crippen molar-refractivity contribution >= 4 is 0 Å². The summed E-state index contributed by atoms with van der Waals surface area (Å²) in [7, 11) is 4.23. The van der Waals surface area contributed by atoms with Crippen LogP contribution in [0.4, 0.5) is 0 Å². The lowest BCUT2D eigenvalue weighted by Gasteiger charge is -2.26. The van der Waals surface area contributed by atoms with E-state index in [0.29, 0.717) is 6.04 Å². The van der Waals surface area contributed by atoms with E-state index in [9.17, 15) is 0 Å². The van der Waals surface area contributed by atoms with Crippen molar-refractivity contribution in [3.63, 3.8) is 0 Å². The Labute approximate surface area is 128 Å². The summed E-state index contributed by atoms with van der Waals surface area (Å²) in [6.07, 6.45) is 0. The molecule has 0 aromatic heterocycles. The molecular weight excluding hydrogens is 256 g/mol. The van der Waals surface area contributed by atoms with Gasteiger partial charge in [-0.3, -0.25) is 0 Å². The molecule has 2 aromatic carbocycles. The molecule has 21 heavy (non-hydrogen) atoms. The van der Waals surface area contributed by atoms with Gasteiger partial charge in [0, 0.05) is 19.1 Å². The molecule has 0 saturated carbocycles. The van der Waals surface area contributed by atoms with E-state index in [4.69, 9.17) is 0 Å². The monoisotopic (exact) mass is 282 g/mol. The molecule has 0 spiro atoms. The molecule has 2 aromatic rings. The summed E-state index contributed by atoms with van der Waals surface area (Å²) in [5, 5.41) is 3.45. The van der Waals surface area contributed by atoms with E-state index >= 15 is 0 Å². The molecule has 0 radical (unpaired) electrons. The third-order valence-corrected chi connectivity index (χ3v) is 4.11. The maximum Gasteiger partial charge on any atom is 0.0449 e. The fourth-order valence-electron chi connectivity index (χ4n) is 2.78. The molecular formula is C19H26N2. The summed E-state index contributed by atoms with van der Waals surface area (Å²) in [4.78, 5) is 2.38. The van der Waals surface area contributed by atoms with E-state index in [-0.39, 0.29) is 0 Å². The second-order valence-electron chi connectivity index (χ2n) is 5.82.